The maximum absolute atomic E-state index is 10.3. The normalized spacial score (nSPS) is 24.2. The fourth-order valence-electron chi connectivity index (χ4n) is 4.48. The van der Waals surface area contributed by atoms with Crippen LogP contribution in [0, 0.1) is 13.8 Å². The number of aryl methyl sites for hydroxylation is 1. The SMILES string of the molecule is Cc1nc(-c2cccnc2)nc(NC2CCN(C3CCCCC3O)CC2)c1C. The van der Waals surface area contributed by atoms with Crippen molar-refractivity contribution in [2.75, 3.05) is 18.4 Å². The van der Waals surface area contributed by atoms with Gasteiger partial charge in [-0.05, 0) is 51.7 Å². The van der Waals surface area contributed by atoms with Crippen molar-refractivity contribution in [2.45, 2.75) is 70.6 Å². The van der Waals surface area contributed by atoms with E-state index in [1.807, 2.05) is 25.3 Å². The molecule has 2 N–H and O–H groups in total. The second-order valence-corrected chi connectivity index (χ2v) is 8.22. The monoisotopic (exact) mass is 381 g/mol. The predicted molar refractivity (Wildman–Crippen MR) is 111 cm³/mol. The van der Waals surface area contributed by atoms with Gasteiger partial charge in [0.1, 0.15) is 5.82 Å². The molecule has 2 fully saturated rings. The molecule has 2 aromatic heterocycles. The Morgan fingerprint density at radius 3 is 2.57 bits per heavy atom. The smallest absolute Gasteiger partial charge is 0.163 e. The standard InChI is InChI=1S/C22H31N5O/c1-15-16(2)24-22(17-6-5-11-23-14-17)26-21(15)25-18-9-12-27(13-10-18)19-7-3-4-8-20(19)28/h5-6,11,14,18-20,28H,3-4,7-10,12-13H2,1-2H3,(H,24,25,26). The number of hydrogen-bond acceptors (Lipinski definition) is 6. The third-order valence-electron chi connectivity index (χ3n) is 6.34. The van der Waals surface area contributed by atoms with Crippen LogP contribution in [0.1, 0.15) is 49.8 Å². The molecule has 0 spiro atoms. The summed E-state index contributed by atoms with van der Waals surface area (Å²) in [6.45, 7) is 6.20. The quantitative estimate of drug-likeness (QED) is 0.846. The third-order valence-corrected chi connectivity index (χ3v) is 6.34. The van der Waals surface area contributed by atoms with Crippen molar-refractivity contribution < 1.29 is 5.11 Å². The van der Waals surface area contributed by atoms with Crippen molar-refractivity contribution in [3.63, 3.8) is 0 Å². The molecule has 3 heterocycles. The topological polar surface area (TPSA) is 74.2 Å². The highest BCUT2D eigenvalue weighted by Gasteiger charge is 2.31. The Labute approximate surface area is 167 Å². The zero-order valence-electron chi connectivity index (χ0n) is 16.9. The highest BCUT2D eigenvalue weighted by Crippen LogP contribution is 2.28. The number of aromatic nitrogens is 3. The van der Waals surface area contributed by atoms with Crippen LogP contribution in [-0.2, 0) is 0 Å². The lowest BCUT2D eigenvalue weighted by Crippen LogP contribution is -2.50. The van der Waals surface area contributed by atoms with E-state index in [4.69, 9.17) is 4.98 Å². The van der Waals surface area contributed by atoms with Crippen molar-refractivity contribution in [1.29, 1.82) is 0 Å². The van der Waals surface area contributed by atoms with Crippen LogP contribution >= 0.6 is 0 Å². The zero-order chi connectivity index (χ0) is 19.5. The second-order valence-electron chi connectivity index (χ2n) is 8.22. The molecule has 1 saturated carbocycles. The zero-order valence-corrected chi connectivity index (χ0v) is 16.9. The molecule has 150 valence electrons. The first kappa shape index (κ1) is 19.3. The van der Waals surface area contributed by atoms with Gasteiger partial charge in [0, 0.05) is 54.4 Å². The van der Waals surface area contributed by atoms with Crippen molar-refractivity contribution in [1.82, 2.24) is 19.9 Å². The van der Waals surface area contributed by atoms with Crippen LogP contribution in [0.25, 0.3) is 11.4 Å². The number of nitrogens with one attached hydrogen (secondary N) is 1. The first-order valence-corrected chi connectivity index (χ1v) is 10.6. The molecule has 1 saturated heterocycles. The van der Waals surface area contributed by atoms with Crippen LogP contribution in [0.4, 0.5) is 5.82 Å². The molecule has 0 bridgehead atoms. The van der Waals surface area contributed by atoms with Crippen molar-refractivity contribution in [3.8, 4) is 11.4 Å². The highest BCUT2D eigenvalue weighted by atomic mass is 16.3. The van der Waals surface area contributed by atoms with Crippen LogP contribution in [0.5, 0.6) is 0 Å². The van der Waals surface area contributed by atoms with E-state index >= 15 is 0 Å². The fraction of sp³-hybridized carbons (Fsp3) is 0.591. The Bertz CT molecular complexity index is 789. The van der Waals surface area contributed by atoms with E-state index in [1.165, 1.54) is 12.8 Å². The molecule has 4 rings (SSSR count). The molecule has 0 aromatic carbocycles. The maximum atomic E-state index is 10.3. The van der Waals surface area contributed by atoms with E-state index in [9.17, 15) is 5.11 Å². The summed E-state index contributed by atoms with van der Waals surface area (Å²) in [5.74, 6) is 1.66. The molecule has 2 aromatic rings. The first-order valence-electron chi connectivity index (χ1n) is 10.6. The summed E-state index contributed by atoms with van der Waals surface area (Å²) in [6.07, 6.45) is 10.1. The van der Waals surface area contributed by atoms with Crippen LogP contribution < -0.4 is 5.32 Å². The van der Waals surface area contributed by atoms with E-state index in [-0.39, 0.29) is 6.10 Å². The van der Waals surface area contributed by atoms with Gasteiger partial charge in [-0.15, -0.1) is 0 Å². The van der Waals surface area contributed by atoms with E-state index in [0.717, 1.165) is 67.2 Å². The molecule has 28 heavy (non-hydrogen) atoms. The number of aliphatic hydroxyl groups is 1. The minimum Gasteiger partial charge on any atom is -0.391 e. The van der Waals surface area contributed by atoms with Gasteiger partial charge in [-0.3, -0.25) is 9.88 Å². The number of likely N-dealkylation sites (tertiary alicyclic amines) is 1. The molecule has 6 nitrogen and oxygen atoms in total. The second kappa shape index (κ2) is 8.53. The van der Waals surface area contributed by atoms with Crippen molar-refractivity contribution in [3.05, 3.63) is 35.8 Å². The number of anilines is 1. The van der Waals surface area contributed by atoms with Gasteiger partial charge in [0.2, 0.25) is 0 Å². The van der Waals surface area contributed by atoms with Crippen LogP contribution in [0.2, 0.25) is 0 Å². The Morgan fingerprint density at radius 2 is 1.86 bits per heavy atom. The van der Waals surface area contributed by atoms with Gasteiger partial charge >= 0.3 is 0 Å². The lowest BCUT2D eigenvalue weighted by Gasteiger charge is -2.41. The Kier molecular flexibility index (Phi) is 5.87. The number of hydrogen-bond donors (Lipinski definition) is 2. The molecule has 2 aliphatic rings. The van der Waals surface area contributed by atoms with Gasteiger partial charge in [-0.25, -0.2) is 9.97 Å². The maximum Gasteiger partial charge on any atom is 0.163 e. The van der Waals surface area contributed by atoms with E-state index < -0.39 is 0 Å². The van der Waals surface area contributed by atoms with Crippen molar-refractivity contribution >= 4 is 5.82 Å². The molecular weight excluding hydrogens is 350 g/mol. The predicted octanol–water partition coefficient (Wildman–Crippen LogP) is 3.34. The molecule has 2 unspecified atom stereocenters. The average Bonchev–Trinajstić information content (AvgIpc) is 2.73. The summed E-state index contributed by atoms with van der Waals surface area (Å²) < 4.78 is 0. The highest BCUT2D eigenvalue weighted by molar-refractivity contribution is 5.58. The Hall–Kier alpha value is -2.05. The number of pyridine rings is 1. The summed E-state index contributed by atoms with van der Waals surface area (Å²) in [5, 5.41) is 14.0. The minimum atomic E-state index is -0.146. The van der Waals surface area contributed by atoms with Crippen LogP contribution in [0.15, 0.2) is 24.5 Å². The lowest BCUT2D eigenvalue weighted by atomic mass is 9.89. The average molecular weight is 382 g/mol. The Balaban J connectivity index is 1.43. The number of rotatable bonds is 4. The molecule has 6 heteroatoms. The summed E-state index contributed by atoms with van der Waals surface area (Å²) in [7, 11) is 0. The van der Waals surface area contributed by atoms with Gasteiger partial charge in [-0.2, -0.15) is 0 Å². The minimum absolute atomic E-state index is 0.146. The van der Waals surface area contributed by atoms with Gasteiger partial charge in [0.25, 0.3) is 0 Å². The largest absolute Gasteiger partial charge is 0.391 e. The first-order chi connectivity index (χ1) is 13.6. The third kappa shape index (κ3) is 4.18. The van der Waals surface area contributed by atoms with Crippen molar-refractivity contribution in [2.24, 2.45) is 0 Å². The number of nitrogens with zero attached hydrogens (tertiary/aromatic N) is 4. The lowest BCUT2D eigenvalue weighted by molar-refractivity contribution is 0.00992. The van der Waals surface area contributed by atoms with Gasteiger partial charge in [-0.1, -0.05) is 12.8 Å². The number of piperidine rings is 1. The van der Waals surface area contributed by atoms with E-state index in [0.29, 0.717) is 12.1 Å². The fourth-order valence-corrected chi connectivity index (χ4v) is 4.48. The van der Waals surface area contributed by atoms with E-state index in [2.05, 4.69) is 27.1 Å². The molecular formula is C22H31N5O. The summed E-state index contributed by atoms with van der Waals surface area (Å²) in [6, 6.07) is 4.67. The summed E-state index contributed by atoms with van der Waals surface area (Å²) in [5.41, 5.74) is 3.05. The van der Waals surface area contributed by atoms with Gasteiger partial charge < -0.3 is 10.4 Å². The molecule has 1 aliphatic carbocycles. The summed E-state index contributed by atoms with van der Waals surface area (Å²) >= 11 is 0. The van der Waals surface area contributed by atoms with Crippen LogP contribution in [0.3, 0.4) is 0 Å². The molecule has 0 radical (unpaired) electrons. The molecule has 2 atom stereocenters. The Morgan fingerprint density at radius 1 is 1.07 bits per heavy atom. The molecule has 1 aliphatic heterocycles. The van der Waals surface area contributed by atoms with Crippen LogP contribution in [-0.4, -0.2) is 56.2 Å². The molecule has 0 amide bonds. The summed E-state index contributed by atoms with van der Waals surface area (Å²) in [4.78, 5) is 16.1. The number of aliphatic hydroxyl groups excluding tert-OH is 1. The van der Waals surface area contributed by atoms with E-state index in [1.54, 1.807) is 6.20 Å². The van der Waals surface area contributed by atoms with Gasteiger partial charge in [0.15, 0.2) is 5.82 Å². The van der Waals surface area contributed by atoms with Gasteiger partial charge in [0.05, 0.1) is 6.10 Å².